The number of nitrogens with one attached hydrogen (secondary N) is 1. The second-order valence-corrected chi connectivity index (χ2v) is 7.69. The summed E-state index contributed by atoms with van der Waals surface area (Å²) in [6, 6.07) is 5.83. The summed E-state index contributed by atoms with van der Waals surface area (Å²) >= 11 is 1.94. The highest BCUT2D eigenvalue weighted by Crippen LogP contribution is 2.38. The first-order valence-corrected chi connectivity index (χ1v) is 9.16. The molecule has 0 bridgehead atoms. The summed E-state index contributed by atoms with van der Waals surface area (Å²) in [5.41, 5.74) is 0.426. The smallest absolute Gasteiger partial charge is 0.0445 e. The number of thiophene rings is 1. The van der Waals surface area contributed by atoms with Gasteiger partial charge < -0.3 is 5.32 Å². The van der Waals surface area contributed by atoms with Gasteiger partial charge >= 0.3 is 0 Å². The summed E-state index contributed by atoms with van der Waals surface area (Å²) in [5.74, 6) is 0. The summed E-state index contributed by atoms with van der Waals surface area (Å²) in [6.07, 6.45) is 8.13. The predicted octanol–water partition coefficient (Wildman–Crippen LogP) is 4.20. The molecule has 1 aliphatic carbocycles. The van der Waals surface area contributed by atoms with Crippen LogP contribution in [0.1, 0.15) is 63.3 Å². The van der Waals surface area contributed by atoms with Crippen LogP contribution in [0.15, 0.2) is 17.5 Å². The van der Waals surface area contributed by atoms with Gasteiger partial charge in [0.1, 0.15) is 0 Å². The Morgan fingerprint density at radius 3 is 2.90 bits per heavy atom. The van der Waals surface area contributed by atoms with E-state index in [9.17, 15) is 0 Å². The lowest BCUT2D eigenvalue weighted by molar-refractivity contribution is 0.0472. The van der Waals surface area contributed by atoms with E-state index in [1.165, 1.54) is 45.1 Å². The molecule has 1 aliphatic heterocycles. The third kappa shape index (κ3) is 2.81. The van der Waals surface area contributed by atoms with E-state index >= 15 is 0 Å². The fourth-order valence-corrected chi connectivity index (χ4v) is 4.95. The molecule has 1 N–H and O–H groups in total. The van der Waals surface area contributed by atoms with Gasteiger partial charge in [-0.15, -0.1) is 11.3 Å². The lowest BCUT2D eigenvalue weighted by Crippen LogP contribution is -2.62. The molecule has 1 aromatic heterocycles. The Labute approximate surface area is 127 Å². The molecule has 3 heteroatoms. The monoisotopic (exact) mass is 292 g/mol. The van der Waals surface area contributed by atoms with Crippen LogP contribution in [0.5, 0.6) is 0 Å². The molecule has 2 aliphatic rings. The second-order valence-electron chi connectivity index (χ2n) is 6.71. The summed E-state index contributed by atoms with van der Waals surface area (Å²) in [4.78, 5) is 4.37. The highest BCUT2D eigenvalue weighted by Gasteiger charge is 2.42. The molecule has 20 heavy (non-hydrogen) atoms. The predicted molar refractivity (Wildman–Crippen MR) is 87.3 cm³/mol. The molecule has 1 spiro atoms. The Morgan fingerprint density at radius 1 is 1.45 bits per heavy atom. The van der Waals surface area contributed by atoms with Crippen molar-refractivity contribution < 1.29 is 0 Å². The van der Waals surface area contributed by atoms with Gasteiger partial charge in [-0.3, -0.25) is 4.90 Å². The number of rotatable bonds is 4. The van der Waals surface area contributed by atoms with Crippen molar-refractivity contribution in [3.8, 4) is 0 Å². The van der Waals surface area contributed by atoms with Crippen molar-refractivity contribution >= 4 is 11.3 Å². The van der Waals surface area contributed by atoms with Gasteiger partial charge in [-0.05, 0) is 37.6 Å². The number of hydrogen-bond donors (Lipinski definition) is 1. The van der Waals surface area contributed by atoms with Gasteiger partial charge in [0.15, 0.2) is 0 Å². The normalized spacial score (nSPS) is 28.0. The van der Waals surface area contributed by atoms with E-state index in [1.54, 1.807) is 4.88 Å². The van der Waals surface area contributed by atoms with Gasteiger partial charge in [-0.2, -0.15) is 0 Å². The minimum atomic E-state index is 0.426. The minimum Gasteiger partial charge on any atom is -0.308 e. The summed E-state index contributed by atoms with van der Waals surface area (Å²) < 4.78 is 0. The second kappa shape index (κ2) is 6.17. The van der Waals surface area contributed by atoms with E-state index in [0.29, 0.717) is 17.6 Å². The molecular formula is C17H28N2S. The third-order valence-electron chi connectivity index (χ3n) is 5.22. The maximum Gasteiger partial charge on any atom is 0.0445 e. The molecule has 0 radical (unpaired) electrons. The molecule has 2 fully saturated rings. The first-order chi connectivity index (χ1) is 9.74. The fourth-order valence-electron chi connectivity index (χ4n) is 4.07. The van der Waals surface area contributed by atoms with E-state index < -0.39 is 0 Å². The van der Waals surface area contributed by atoms with E-state index in [1.807, 2.05) is 11.3 Å². The zero-order chi connectivity index (χ0) is 14.0. The van der Waals surface area contributed by atoms with Crippen molar-refractivity contribution in [3.05, 3.63) is 22.4 Å². The summed E-state index contributed by atoms with van der Waals surface area (Å²) in [6.45, 7) is 7.12. The van der Waals surface area contributed by atoms with Crippen LogP contribution in [-0.2, 0) is 0 Å². The highest BCUT2D eigenvalue weighted by molar-refractivity contribution is 7.10. The Balaban J connectivity index is 1.80. The van der Waals surface area contributed by atoms with Crippen LogP contribution < -0.4 is 5.32 Å². The number of piperazine rings is 1. The highest BCUT2D eigenvalue weighted by atomic mass is 32.1. The summed E-state index contributed by atoms with van der Waals surface area (Å²) in [5, 5.41) is 6.11. The molecule has 0 aromatic carbocycles. The van der Waals surface area contributed by atoms with Crippen LogP contribution in [0.3, 0.4) is 0 Å². The van der Waals surface area contributed by atoms with E-state index in [-0.39, 0.29) is 0 Å². The van der Waals surface area contributed by atoms with Crippen LogP contribution in [0.2, 0.25) is 0 Å². The molecule has 1 aromatic rings. The van der Waals surface area contributed by atoms with Crippen molar-refractivity contribution in [2.45, 2.75) is 70.0 Å². The first-order valence-electron chi connectivity index (χ1n) is 8.28. The van der Waals surface area contributed by atoms with Crippen LogP contribution in [0, 0.1) is 0 Å². The van der Waals surface area contributed by atoms with Crippen molar-refractivity contribution in [2.24, 2.45) is 0 Å². The van der Waals surface area contributed by atoms with Crippen LogP contribution in [0.25, 0.3) is 0 Å². The molecule has 1 saturated carbocycles. The van der Waals surface area contributed by atoms with Crippen LogP contribution in [0.4, 0.5) is 0 Å². The van der Waals surface area contributed by atoms with E-state index in [0.717, 1.165) is 6.54 Å². The molecule has 2 atom stereocenters. The Kier molecular flexibility index (Phi) is 4.49. The maximum atomic E-state index is 3.88. The quantitative estimate of drug-likeness (QED) is 0.895. The fraction of sp³-hybridized carbons (Fsp3) is 0.765. The first kappa shape index (κ1) is 14.6. The van der Waals surface area contributed by atoms with Gasteiger partial charge in [0.05, 0.1) is 0 Å². The van der Waals surface area contributed by atoms with Crippen molar-refractivity contribution in [2.75, 3.05) is 13.1 Å². The lowest BCUT2D eigenvalue weighted by Gasteiger charge is -2.48. The largest absolute Gasteiger partial charge is 0.308 e. The topological polar surface area (TPSA) is 15.3 Å². The molecule has 2 unspecified atom stereocenters. The number of nitrogens with zero attached hydrogens (tertiary/aromatic N) is 1. The zero-order valence-electron chi connectivity index (χ0n) is 12.9. The SMILES string of the molecule is CCCC(c1cccs1)N1CC2(CCCC2)NCC1C. The van der Waals surface area contributed by atoms with Gasteiger partial charge in [-0.25, -0.2) is 0 Å². The third-order valence-corrected chi connectivity index (χ3v) is 6.19. The minimum absolute atomic E-state index is 0.426. The van der Waals surface area contributed by atoms with Gasteiger partial charge in [-0.1, -0.05) is 32.3 Å². The molecule has 2 nitrogen and oxygen atoms in total. The van der Waals surface area contributed by atoms with Crippen molar-refractivity contribution in [1.29, 1.82) is 0 Å². The van der Waals surface area contributed by atoms with Gasteiger partial charge in [0.2, 0.25) is 0 Å². The molecule has 3 rings (SSSR count). The average Bonchev–Trinajstić information content (AvgIpc) is 3.12. The van der Waals surface area contributed by atoms with Crippen molar-refractivity contribution in [3.63, 3.8) is 0 Å². The maximum absolute atomic E-state index is 3.88. The van der Waals surface area contributed by atoms with Crippen LogP contribution in [-0.4, -0.2) is 29.6 Å². The average molecular weight is 292 g/mol. The molecule has 0 amide bonds. The molecule has 2 heterocycles. The Morgan fingerprint density at radius 2 is 2.25 bits per heavy atom. The molecule has 1 saturated heterocycles. The molecular weight excluding hydrogens is 264 g/mol. The Bertz CT molecular complexity index is 409. The van der Waals surface area contributed by atoms with Gasteiger partial charge in [0, 0.05) is 35.6 Å². The molecule has 112 valence electrons. The summed E-state index contributed by atoms with van der Waals surface area (Å²) in [7, 11) is 0. The lowest BCUT2D eigenvalue weighted by atomic mass is 9.90. The zero-order valence-corrected chi connectivity index (χ0v) is 13.7. The number of hydrogen-bond acceptors (Lipinski definition) is 3. The van der Waals surface area contributed by atoms with E-state index in [4.69, 9.17) is 0 Å². The van der Waals surface area contributed by atoms with Crippen LogP contribution >= 0.6 is 11.3 Å². The van der Waals surface area contributed by atoms with Crippen molar-refractivity contribution in [1.82, 2.24) is 10.2 Å². The van der Waals surface area contributed by atoms with Gasteiger partial charge in [0.25, 0.3) is 0 Å². The Hall–Kier alpha value is -0.380. The standard InChI is InChI=1S/C17H28N2S/c1-3-7-15(16-8-6-11-20-16)19-13-17(9-4-5-10-17)18-12-14(19)2/h6,8,11,14-15,18H,3-5,7,9-10,12-13H2,1-2H3. The van der Waals surface area contributed by atoms with E-state index in [2.05, 4.69) is 41.6 Å².